The minimum absolute atomic E-state index is 0.0218. The van der Waals surface area contributed by atoms with Gasteiger partial charge < -0.3 is 15.4 Å². The molecule has 36 heavy (non-hydrogen) atoms. The molecular weight excluding hydrogens is 454 g/mol. The number of fused-ring (bicyclic) bond motifs is 1. The number of carbonyl (C=O) groups excluding carboxylic acids is 1. The normalized spacial score (nSPS) is 16.8. The molecule has 0 spiro atoms. The van der Waals surface area contributed by atoms with E-state index in [2.05, 4.69) is 11.1 Å². The Morgan fingerprint density at radius 2 is 1.89 bits per heavy atom. The second-order valence-electron chi connectivity index (χ2n) is 9.16. The molecule has 2 N–H and O–H groups in total. The van der Waals surface area contributed by atoms with Crippen molar-refractivity contribution in [3.63, 3.8) is 0 Å². The van der Waals surface area contributed by atoms with E-state index in [1.807, 2.05) is 46.1 Å². The molecule has 1 saturated heterocycles. The molecule has 1 amide bonds. The standard InChI is InChI=1S/C27H27N7O2/c28-21-5-3-19(4-6-21)25-31-24(18-9-14-36-15-10-18)23-17-30-34(26(23)32-25)22-7-12-33(13-8-22)27(35)20-2-1-11-29-16-20/h1-6,9,11,16-17,22H,7-8,10,12-15,28H2. The van der Waals surface area contributed by atoms with Crippen LogP contribution in [0.4, 0.5) is 5.69 Å². The molecule has 0 aliphatic carbocycles. The number of likely N-dealkylation sites (tertiary alicyclic amines) is 1. The first-order valence-electron chi connectivity index (χ1n) is 12.2. The fourth-order valence-corrected chi connectivity index (χ4v) is 4.93. The molecule has 1 fully saturated rings. The number of benzene rings is 1. The van der Waals surface area contributed by atoms with E-state index in [1.165, 1.54) is 0 Å². The lowest BCUT2D eigenvalue weighted by atomic mass is 10.0. The van der Waals surface area contributed by atoms with E-state index in [9.17, 15) is 4.79 Å². The van der Waals surface area contributed by atoms with Crippen LogP contribution in [0.2, 0.25) is 0 Å². The molecule has 2 aliphatic rings. The Morgan fingerprint density at radius 1 is 1.06 bits per heavy atom. The van der Waals surface area contributed by atoms with Crippen LogP contribution in [0, 0.1) is 0 Å². The minimum atomic E-state index is 0.0218. The van der Waals surface area contributed by atoms with Gasteiger partial charge in [-0.2, -0.15) is 5.10 Å². The SMILES string of the molecule is Nc1ccc(-c2nc(C3=CCOCC3)c3cnn(C4CCN(C(=O)c5cccnc5)CC4)c3n2)cc1. The summed E-state index contributed by atoms with van der Waals surface area (Å²) in [6, 6.07) is 11.4. The molecule has 3 aromatic heterocycles. The van der Waals surface area contributed by atoms with Crippen molar-refractivity contribution in [2.24, 2.45) is 0 Å². The Hall–Kier alpha value is -4.11. The quantitative estimate of drug-likeness (QED) is 0.442. The number of anilines is 1. The highest BCUT2D eigenvalue weighted by molar-refractivity contribution is 5.94. The lowest BCUT2D eigenvalue weighted by Crippen LogP contribution is -2.39. The molecule has 5 heterocycles. The van der Waals surface area contributed by atoms with Gasteiger partial charge in [0.1, 0.15) is 0 Å². The number of hydrogen-bond acceptors (Lipinski definition) is 7. The molecule has 182 valence electrons. The van der Waals surface area contributed by atoms with Crippen LogP contribution in [0.3, 0.4) is 0 Å². The molecule has 0 radical (unpaired) electrons. The van der Waals surface area contributed by atoms with Crippen LogP contribution < -0.4 is 5.73 Å². The van der Waals surface area contributed by atoms with Crippen LogP contribution in [0.25, 0.3) is 28.0 Å². The highest BCUT2D eigenvalue weighted by atomic mass is 16.5. The van der Waals surface area contributed by atoms with Gasteiger partial charge in [0.25, 0.3) is 5.91 Å². The third kappa shape index (κ3) is 4.22. The molecule has 0 bridgehead atoms. The lowest BCUT2D eigenvalue weighted by Gasteiger charge is -2.32. The van der Waals surface area contributed by atoms with Crippen molar-refractivity contribution in [3.05, 3.63) is 72.3 Å². The maximum absolute atomic E-state index is 12.9. The van der Waals surface area contributed by atoms with Gasteiger partial charge >= 0.3 is 0 Å². The van der Waals surface area contributed by atoms with Crippen molar-refractivity contribution in [2.45, 2.75) is 25.3 Å². The third-order valence-corrected chi connectivity index (χ3v) is 6.90. The summed E-state index contributed by atoms with van der Waals surface area (Å²) < 4.78 is 7.55. The van der Waals surface area contributed by atoms with E-state index < -0.39 is 0 Å². The van der Waals surface area contributed by atoms with Crippen molar-refractivity contribution >= 4 is 28.2 Å². The molecule has 9 heteroatoms. The summed E-state index contributed by atoms with van der Waals surface area (Å²) in [4.78, 5) is 28.8. The van der Waals surface area contributed by atoms with E-state index in [-0.39, 0.29) is 11.9 Å². The Labute approximate surface area is 208 Å². The summed E-state index contributed by atoms with van der Waals surface area (Å²) in [5, 5.41) is 5.71. The second-order valence-corrected chi connectivity index (χ2v) is 9.16. The first-order chi connectivity index (χ1) is 17.7. The van der Waals surface area contributed by atoms with Crippen LogP contribution in [-0.2, 0) is 4.74 Å². The molecular formula is C27H27N7O2. The van der Waals surface area contributed by atoms with Gasteiger partial charge in [0.15, 0.2) is 11.5 Å². The zero-order valence-electron chi connectivity index (χ0n) is 19.9. The van der Waals surface area contributed by atoms with E-state index in [1.54, 1.807) is 18.5 Å². The lowest BCUT2D eigenvalue weighted by molar-refractivity contribution is 0.0691. The summed E-state index contributed by atoms with van der Waals surface area (Å²) in [5.74, 6) is 0.671. The Kier molecular flexibility index (Phi) is 5.90. The third-order valence-electron chi connectivity index (χ3n) is 6.90. The average molecular weight is 482 g/mol. The zero-order chi connectivity index (χ0) is 24.5. The molecule has 2 aliphatic heterocycles. The van der Waals surface area contributed by atoms with Gasteiger partial charge in [-0.3, -0.25) is 9.78 Å². The van der Waals surface area contributed by atoms with Crippen molar-refractivity contribution in [1.82, 2.24) is 29.6 Å². The average Bonchev–Trinajstić information content (AvgIpc) is 3.38. The monoisotopic (exact) mass is 481 g/mol. The van der Waals surface area contributed by atoms with Crippen molar-refractivity contribution < 1.29 is 9.53 Å². The highest BCUT2D eigenvalue weighted by Crippen LogP contribution is 2.32. The number of piperidine rings is 1. The van der Waals surface area contributed by atoms with Gasteiger partial charge in [-0.1, -0.05) is 6.08 Å². The van der Waals surface area contributed by atoms with Crippen molar-refractivity contribution in [1.29, 1.82) is 0 Å². The Balaban J connectivity index is 1.34. The van der Waals surface area contributed by atoms with Gasteiger partial charge in [-0.15, -0.1) is 0 Å². The van der Waals surface area contributed by atoms with E-state index in [0.29, 0.717) is 43.4 Å². The number of nitrogens with two attached hydrogens (primary N) is 1. The number of rotatable bonds is 4. The number of amides is 1. The predicted molar refractivity (Wildman–Crippen MR) is 137 cm³/mol. The number of pyridine rings is 1. The van der Waals surface area contributed by atoms with Gasteiger partial charge in [-0.05, 0) is 61.2 Å². The smallest absolute Gasteiger partial charge is 0.255 e. The number of ether oxygens (including phenoxy) is 1. The fraction of sp³-hybridized carbons (Fsp3) is 0.296. The van der Waals surface area contributed by atoms with Gasteiger partial charge in [0.05, 0.1) is 42.1 Å². The van der Waals surface area contributed by atoms with Crippen LogP contribution in [0.1, 0.15) is 41.4 Å². The zero-order valence-corrected chi connectivity index (χ0v) is 19.9. The maximum atomic E-state index is 12.9. The second kappa shape index (κ2) is 9.50. The molecule has 0 saturated carbocycles. The van der Waals surface area contributed by atoms with E-state index in [4.69, 9.17) is 25.5 Å². The molecule has 0 atom stereocenters. The van der Waals surface area contributed by atoms with E-state index >= 15 is 0 Å². The maximum Gasteiger partial charge on any atom is 0.255 e. The van der Waals surface area contributed by atoms with Gasteiger partial charge in [0.2, 0.25) is 0 Å². The fourth-order valence-electron chi connectivity index (χ4n) is 4.93. The number of nitrogen functional groups attached to an aromatic ring is 1. The summed E-state index contributed by atoms with van der Waals surface area (Å²) in [6.07, 6.45) is 9.67. The first-order valence-corrected chi connectivity index (χ1v) is 12.2. The highest BCUT2D eigenvalue weighted by Gasteiger charge is 2.27. The molecule has 9 nitrogen and oxygen atoms in total. The van der Waals surface area contributed by atoms with Crippen LogP contribution in [0.15, 0.2) is 61.1 Å². The molecule has 4 aromatic rings. The number of hydrogen-bond donors (Lipinski definition) is 1. The predicted octanol–water partition coefficient (Wildman–Crippen LogP) is 3.75. The van der Waals surface area contributed by atoms with Crippen LogP contribution in [0.5, 0.6) is 0 Å². The summed E-state index contributed by atoms with van der Waals surface area (Å²) in [7, 11) is 0. The van der Waals surface area contributed by atoms with Crippen molar-refractivity contribution in [2.75, 3.05) is 32.0 Å². The summed E-state index contributed by atoms with van der Waals surface area (Å²) >= 11 is 0. The minimum Gasteiger partial charge on any atom is -0.399 e. The summed E-state index contributed by atoms with van der Waals surface area (Å²) in [5.41, 5.74) is 11.0. The topological polar surface area (TPSA) is 112 Å². The van der Waals surface area contributed by atoms with Gasteiger partial charge in [-0.25, -0.2) is 14.6 Å². The Morgan fingerprint density at radius 3 is 2.61 bits per heavy atom. The molecule has 1 aromatic carbocycles. The number of aromatic nitrogens is 5. The number of carbonyl (C=O) groups is 1. The van der Waals surface area contributed by atoms with Gasteiger partial charge in [0, 0.05) is 36.7 Å². The Bertz CT molecular complexity index is 1420. The number of nitrogens with zero attached hydrogens (tertiary/aromatic N) is 6. The molecule has 6 rings (SSSR count). The van der Waals surface area contributed by atoms with E-state index in [0.717, 1.165) is 47.1 Å². The van der Waals surface area contributed by atoms with Crippen LogP contribution in [-0.4, -0.2) is 61.8 Å². The first kappa shape index (κ1) is 22.4. The largest absolute Gasteiger partial charge is 0.399 e. The molecule has 0 unspecified atom stereocenters. The summed E-state index contributed by atoms with van der Waals surface area (Å²) in [6.45, 7) is 2.57. The van der Waals surface area contributed by atoms with Crippen molar-refractivity contribution in [3.8, 4) is 11.4 Å². The van der Waals surface area contributed by atoms with Crippen LogP contribution >= 0.6 is 0 Å².